The van der Waals surface area contributed by atoms with Crippen molar-refractivity contribution in [2.75, 3.05) is 0 Å². The van der Waals surface area contributed by atoms with Gasteiger partial charge in [-0.2, -0.15) is 4.39 Å². The molecule has 7 heteroatoms. The quantitative estimate of drug-likeness (QED) is 0.475. The smallest absolute Gasteiger partial charge is 0.311 e. The molecule has 0 aliphatic heterocycles. The molecule has 0 N–H and O–H groups in total. The van der Waals surface area contributed by atoms with Gasteiger partial charge in [0.05, 0.1) is 4.92 Å². The average molecular weight is 330 g/mol. The van der Waals surface area contributed by atoms with Gasteiger partial charge >= 0.3 is 5.69 Å². The van der Waals surface area contributed by atoms with Crippen molar-refractivity contribution in [1.29, 1.82) is 0 Å². The van der Waals surface area contributed by atoms with Crippen molar-refractivity contribution in [3.63, 3.8) is 0 Å². The molecular weight excluding hydrogens is 324 g/mol. The molecule has 0 bridgehead atoms. The standard InChI is InChI=1S/C12H6BrF2NO3/c13-7-5-8(14)12(15)11(6-7)19-10-4-2-1-3-9(10)16(17)18/h1-6H. The summed E-state index contributed by atoms with van der Waals surface area (Å²) in [7, 11) is 0. The highest BCUT2D eigenvalue weighted by atomic mass is 79.9. The van der Waals surface area contributed by atoms with Crippen molar-refractivity contribution in [3.05, 3.63) is 62.6 Å². The number of benzene rings is 2. The fourth-order valence-electron chi connectivity index (χ4n) is 1.42. The third kappa shape index (κ3) is 2.87. The fourth-order valence-corrected chi connectivity index (χ4v) is 1.83. The van der Waals surface area contributed by atoms with E-state index in [-0.39, 0.29) is 15.9 Å². The zero-order valence-electron chi connectivity index (χ0n) is 9.27. The maximum Gasteiger partial charge on any atom is 0.311 e. The van der Waals surface area contributed by atoms with Crippen LogP contribution in [-0.2, 0) is 0 Å². The van der Waals surface area contributed by atoms with Crippen molar-refractivity contribution in [3.8, 4) is 11.5 Å². The third-order valence-corrected chi connectivity index (χ3v) is 2.70. The molecule has 19 heavy (non-hydrogen) atoms. The first-order valence-electron chi connectivity index (χ1n) is 5.05. The highest BCUT2D eigenvalue weighted by Crippen LogP contribution is 2.34. The normalized spacial score (nSPS) is 10.3. The monoisotopic (exact) mass is 329 g/mol. The molecule has 0 aliphatic carbocycles. The Labute approximate surface area is 114 Å². The van der Waals surface area contributed by atoms with Gasteiger partial charge in [0.1, 0.15) is 0 Å². The summed E-state index contributed by atoms with van der Waals surface area (Å²) >= 11 is 2.99. The predicted molar refractivity (Wildman–Crippen MR) is 67.2 cm³/mol. The minimum Gasteiger partial charge on any atom is -0.447 e. The average Bonchev–Trinajstić information content (AvgIpc) is 2.35. The minimum atomic E-state index is -1.21. The summed E-state index contributed by atoms with van der Waals surface area (Å²) in [6.45, 7) is 0. The van der Waals surface area contributed by atoms with Crippen molar-refractivity contribution in [2.24, 2.45) is 0 Å². The summed E-state index contributed by atoms with van der Waals surface area (Å²) in [5.41, 5.74) is -0.331. The van der Waals surface area contributed by atoms with E-state index in [1.807, 2.05) is 0 Å². The van der Waals surface area contributed by atoms with E-state index in [0.29, 0.717) is 0 Å². The van der Waals surface area contributed by atoms with Crippen LogP contribution in [0.2, 0.25) is 0 Å². The van der Waals surface area contributed by atoms with Gasteiger partial charge in [-0.15, -0.1) is 0 Å². The summed E-state index contributed by atoms with van der Waals surface area (Å²) in [4.78, 5) is 10.1. The Bertz CT molecular complexity index is 649. The lowest BCUT2D eigenvalue weighted by atomic mass is 10.3. The Balaban J connectivity index is 2.45. The number of nitro benzene ring substituents is 1. The molecule has 2 aromatic carbocycles. The highest BCUT2D eigenvalue weighted by molar-refractivity contribution is 9.10. The van der Waals surface area contributed by atoms with Gasteiger partial charge in [0, 0.05) is 10.5 Å². The summed E-state index contributed by atoms with van der Waals surface area (Å²) < 4.78 is 32.0. The number of nitro groups is 1. The van der Waals surface area contributed by atoms with E-state index in [2.05, 4.69) is 15.9 Å². The topological polar surface area (TPSA) is 52.4 Å². The molecule has 0 radical (unpaired) electrons. The van der Waals surface area contributed by atoms with Gasteiger partial charge in [-0.25, -0.2) is 4.39 Å². The Morgan fingerprint density at radius 3 is 2.53 bits per heavy atom. The minimum absolute atomic E-state index is 0.163. The number of ether oxygens (including phenoxy) is 1. The predicted octanol–water partition coefficient (Wildman–Crippen LogP) is 4.43. The molecule has 0 amide bonds. The van der Waals surface area contributed by atoms with Crippen LogP contribution in [-0.4, -0.2) is 4.92 Å². The van der Waals surface area contributed by atoms with E-state index in [9.17, 15) is 18.9 Å². The van der Waals surface area contributed by atoms with Gasteiger partial charge in [0.25, 0.3) is 0 Å². The number of hydrogen-bond donors (Lipinski definition) is 0. The molecule has 2 aromatic rings. The Morgan fingerprint density at radius 1 is 1.16 bits per heavy atom. The number of hydrogen-bond acceptors (Lipinski definition) is 3. The second-order valence-electron chi connectivity index (χ2n) is 3.53. The van der Waals surface area contributed by atoms with Crippen LogP contribution in [0.15, 0.2) is 40.9 Å². The molecule has 0 saturated carbocycles. The first-order valence-corrected chi connectivity index (χ1v) is 5.84. The SMILES string of the molecule is O=[N+]([O-])c1ccccc1Oc1cc(Br)cc(F)c1F. The molecule has 0 heterocycles. The molecule has 0 aliphatic rings. The number of para-hydroxylation sites is 2. The van der Waals surface area contributed by atoms with Crippen LogP contribution in [0.5, 0.6) is 11.5 Å². The Hall–Kier alpha value is -2.02. The molecule has 0 saturated heterocycles. The molecule has 0 spiro atoms. The second kappa shape index (κ2) is 5.31. The molecule has 0 atom stereocenters. The van der Waals surface area contributed by atoms with E-state index < -0.39 is 22.3 Å². The van der Waals surface area contributed by atoms with E-state index in [1.165, 1.54) is 30.3 Å². The molecule has 4 nitrogen and oxygen atoms in total. The van der Waals surface area contributed by atoms with Crippen LogP contribution >= 0.6 is 15.9 Å². The van der Waals surface area contributed by atoms with E-state index in [1.54, 1.807) is 0 Å². The summed E-state index contributed by atoms with van der Waals surface area (Å²) in [5, 5.41) is 10.8. The van der Waals surface area contributed by atoms with Crippen LogP contribution in [0.3, 0.4) is 0 Å². The first kappa shape index (κ1) is 13.4. The number of halogens is 3. The first-order chi connectivity index (χ1) is 8.99. The second-order valence-corrected chi connectivity index (χ2v) is 4.44. The van der Waals surface area contributed by atoms with Gasteiger partial charge < -0.3 is 4.74 Å². The molecule has 0 aromatic heterocycles. The van der Waals surface area contributed by atoms with Gasteiger partial charge in [0.15, 0.2) is 11.6 Å². The van der Waals surface area contributed by atoms with E-state index in [4.69, 9.17) is 4.74 Å². The molecule has 98 valence electrons. The lowest BCUT2D eigenvalue weighted by Gasteiger charge is -2.08. The molecule has 2 rings (SSSR count). The van der Waals surface area contributed by atoms with Crippen molar-refractivity contribution in [2.45, 2.75) is 0 Å². The van der Waals surface area contributed by atoms with E-state index >= 15 is 0 Å². The van der Waals surface area contributed by atoms with Gasteiger partial charge in [-0.3, -0.25) is 10.1 Å². The zero-order valence-corrected chi connectivity index (χ0v) is 10.9. The number of nitrogens with zero attached hydrogens (tertiary/aromatic N) is 1. The van der Waals surface area contributed by atoms with Crippen LogP contribution in [0.1, 0.15) is 0 Å². The summed E-state index contributed by atoms with van der Waals surface area (Å²) in [6.07, 6.45) is 0. The van der Waals surface area contributed by atoms with E-state index in [0.717, 1.165) is 6.07 Å². The third-order valence-electron chi connectivity index (χ3n) is 2.24. The van der Waals surface area contributed by atoms with Crippen molar-refractivity contribution in [1.82, 2.24) is 0 Å². The van der Waals surface area contributed by atoms with Crippen molar-refractivity contribution >= 4 is 21.6 Å². The number of rotatable bonds is 3. The molecule has 0 unspecified atom stereocenters. The van der Waals surface area contributed by atoms with Crippen LogP contribution in [0.4, 0.5) is 14.5 Å². The maximum atomic E-state index is 13.5. The Morgan fingerprint density at radius 2 is 1.84 bits per heavy atom. The zero-order chi connectivity index (χ0) is 14.0. The van der Waals surface area contributed by atoms with Gasteiger partial charge in [-0.05, 0) is 18.2 Å². The fraction of sp³-hybridized carbons (Fsp3) is 0. The lowest BCUT2D eigenvalue weighted by molar-refractivity contribution is -0.385. The maximum absolute atomic E-state index is 13.5. The lowest BCUT2D eigenvalue weighted by Crippen LogP contribution is -1.96. The van der Waals surface area contributed by atoms with Crippen LogP contribution < -0.4 is 4.74 Å². The molecule has 0 fully saturated rings. The largest absolute Gasteiger partial charge is 0.447 e. The highest BCUT2D eigenvalue weighted by Gasteiger charge is 2.18. The summed E-state index contributed by atoms with van der Waals surface area (Å²) in [5.74, 6) is -2.91. The van der Waals surface area contributed by atoms with Gasteiger partial charge in [0.2, 0.25) is 11.6 Å². The van der Waals surface area contributed by atoms with Crippen LogP contribution in [0, 0.1) is 21.7 Å². The summed E-state index contributed by atoms with van der Waals surface area (Å²) in [6, 6.07) is 7.58. The van der Waals surface area contributed by atoms with Crippen LogP contribution in [0.25, 0.3) is 0 Å². The molecular formula is C12H6BrF2NO3. The van der Waals surface area contributed by atoms with Gasteiger partial charge in [-0.1, -0.05) is 28.1 Å². The Kier molecular flexibility index (Phi) is 3.75. The van der Waals surface area contributed by atoms with Crippen molar-refractivity contribution < 1.29 is 18.4 Å².